The maximum absolute atomic E-state index is 12.6. The lowest BCUT2D eigenvalue weighted by Gasteiger charge is -2.23. The quantitative estimate of drug-likeness (QED) is 0.811. The van der Waals surface area contributed by atoms with Gasteiger partial charge in [-0.1, -0.05) is 23.7 Å². The number of nitrogens with one attached hydrogen (secondary N) is 2. The molecule has 0 saturated carbocycles. The predicted octanol–water partition coefficient (Wildman–Crippen LogP) is 3.14. The van der Waals surface area contributed by atoms with Gasteiger partial charge >= 0.3 is 0 Å². The van der Waals surface area contributed by atoms with Gasteiger partial charge in [-0.05, 0) is 49.6 Å². The molecule has 8 heteroatoms. The molecular formula is C19H24Cl2N4O2. The van der Waals surface area contributed by atoms with Crippen molar-refractivity contribution in [3.05, 3.63) is 52.8 Å². The standard InChI is InChI=1S/C19H23ClN4O2.ClH/c20-14-5-3-13(4-6-14)18-16(8-11-26-18)22-19(25)17-7-10-24(23-17)15-2-1-9-21-12-15;/h3-7,10,15-16,18,21H,1-2,8-9,11-12H2,(H,22,25);1H. The van der Waals surface area contributed by atoms with E-state index in [2.05, 4.69) is 15.7 Å². The molecule has 3 unspecified atom stereocenters. The molecule has 2 N–H and O–H groups in total. The van der Waals surface area contributed by atoms with E-state index in [1.54, 1.807) is 6.07 Å². The fourth-order valence-corrected chi connectivity index (χ4v) is 3.81. The maximum Gasteiger partial charge on any atom is 0.272 e. The fraction of sp³-hybridized carbons (Fsp3) is 0.474. The van der Waals surface area contributed by atoms with Crippen LogP contribution in [0.25, 0.3) is 0 Å². The number of ether oxygens (including phenoxy) is 1. The molecule has 2 saturated heterocycles. The summed E-state index contributed by atoms with van der Waals surface area (Å²) in [6.07, 6.45) is 4.75. The van der Waals surface area contributed by atoms with Crippen LogP contribution in [0.1, 0.15) is 47.5 Å². The summed E-state index contributed by atoms with van der Waals surface area (Å²) in [6, 6.07) is 9.63. The van der Waals surface area contributed by atoms with Crippen molar-refractivity contribution in [1.82, 2.24) is 20.4 Å². The van der Waals surface area contributed by atoms with E-state index in [0.717, 1.165) is 37.9 Å². The highest BCUT2D eigenvalue weighted by Crippen LogP contribution is 2.30. The second kappa shape index (κ2) is 9.06. The Balaban J connectivity index is 0.00000210. The topological polar surface area (TPSA) is 68.2 Å². The molecule has 4 rings (SSSR count). The number of benzene rings is 1. The molecule has 1 aromatic heterocycles. The predicted molar refractivity (Wildman–Crippen MR) is 107 cm³/mol. The summed E-state index contributed by atoms with van der Waals surface area (Å²) in [5, 5.41) is 11.6. The molecule has 2 fully saturated rings. The summed E-state index contributed by atoms with van der Waals surface area (Å²) in [5.41, 5.74) is 1.48. The van der Waals surface area contributed by atoms with Crippen LogP contribution in [0.15, 0.2) is 36.5 Å². The van der Waals surface area contributed by atoms with Gasteiger partial charge < -0.3 is 15.4 Å². The third kappa shape index (κ3) is 4.63. The van der Waals surface area contributed by atoms with Gasteiger partial charge in [-0.2, -0.15) is 5.10 Å². The van der Waals surface area contributed by atoms with E-state index >= 15 is 0 Å². The molecule has 2 aromatic rings. The molecule has 2 aliphatic rings. The number of nitrogens with zero attached hydrogens (tertiary/aromatic N) is 2. The molecule has 3 heterocycles. The molecule has 27 heavy (non-hydrogen) atoms. The molecular weight excluding hydrogens is 387 g/mol. The Morgan fingerprint density at radius 3 is 2.81 bits per heavy atom. The minimum absolute atomic E-state index is 0. The number of rotatable bonds is 4. The number of amides is 1. The Labute approximate surface area is 170 Å². The van der Waals surface area contributed by atoms with Gasteiger partial charge in [-0.3, -0.25) is 9.48 Å². The maximum atomic E-state index is 12.6. The van der Waals surface area contributed by atoms with Gasteiger partial charge in [0.25, 0.3) is 5.91 Å². The zero-order chi connectivity index (χ0) is 17.9. The molecule has 0 bridgehead atoms. The van der Waals surface area contributed by atoms with Crippen LogP contribution >= 0.6 is 24.0 Å². The average molecular weight is 411 g/mol. The second-order valence-electron chi connectivity index (χ2n) is 6.89. The second-order valence-corrected chi connectivity index (χ2v) is 7.33. The SMILES string of the molecule is Cl.O=C(NC1CCOC1c1ccc(Cl)cc1)c1ccn(C2CCCNC2)n1. The minimum atomic E-state index is -0.152. The van der Waals surface area contributed by atoms with E-state index in [0.29, 0.717) is 23.4 Å². The third-order valence-corrected chi connectivity index (χ3v) is 5.34. The van der Waals surface area contributed by atoms with Crippen LogP contribution in [0.5, 0.6) is 0 Å². The highest BCUT2D eigenvalue weighted by Gasteiger charge is 2.31. The van der Waals surface area contributed by atoms with Crippen molar-refractivity contribution in [3.63, 3.8) is 0 Å². The number of hydrogen-bond acceptors (Lipinski definition) is 4. The van der Waals surface area contributed by atoms with Gasteiger partial charge in [0.1, 0.15) is 11.8 Å². The molecule has 0 radical (unpaired) electrons. The van der Waals surface area contributed by atoms with Crippen molar-refractivity contribution in [2.75, 3.05) is 19.7 Å². The Kier molecular flexibility index (Phi) is 6.76. The Morgan fingerprint density at radius 2 is 2.07 bits per heavy atom. The van der Waals surface area contributed by atoms with Crippen molar-refractivity contribution in [2.45, 2.75) is 37.5 Å². The van der Waals surface area contributed by atoms with Crippen LogP contribution in [0, 0.1) is 0 Å². The zero-order valence-electron chi connectivity index (χ0n) is 14.9. The first-order valence-corrected chi connectivity index (χ1v) is 9.52. The number of piperidine rings is 1. The first-order valence-electron chi connectivity index (χ1n) is 9.14. The zero-order valence-corrected chi connectivity index (χ0v) is 16.5. The van der Waals surface area contributed by atoms with Crippen molar-refractivity contribution < 1.29 is 9.53 Å². The van der Waals surface area contributed by atoms with Crippen molar-refractivity contribution in [3.8, 4) is 0 Å². The van der Waals surface area contributed by atoms with Crippen LogP contribution in [-0.4, -0.2) is 41.4 Å². The monoisotopic (exact) mass is 410 g/mol. The van der Waals surface area contributed by atoms with Gasteiger partial charge in [0.15, 0.2) is 0 Å². The normalized spacial score (nSPS) is 25.0. The number of hydrogen-bond donors (Lipinski definition) is 2. The van der Waals surface area contributed by atoms with Crippen molar-refractivity contribution in [1.29, 1.82) is 0 Å². The van der Waals surface area contributed by atoms with Gasteiger partial charge in [0, 0.05) is 24.4 Å². The molecule has 0 aliphatic carbocycles. The molecule has 2 aliphatic heterocycles. The van der Waals surface area contributed by atoms with Crippen LogP contribution < -0.4 is 10.6 Å². The lowest BCUT2D eigenvalue weighted by atomic mass is 10.0. The third-order valence-electron chi connectivity index (χ3n) is 5.09. The summed E-state index contributed by atoms with van der Waals surface area (Å²) in [4.78, 5) is 12.6. The van der Waals surface area contributed by atoms with E-state index in [-0.39, 0.29) is 30.5 Å². The Hall–Kier alpha value is -1.60. The Morgan fingerprint density at radius 1 is 1.26 bits per heavy atom. The average Bonchev–Trinajstić information content (AvgIpc) is 3.33. The highest BCUT2D eigenvalue weighted by molar-refractivity contribution is 6.30. The molecule has 1 amide bonds. The highest BCUT2D eigenvalue weighted by atomic mass is 35.5. The van der Waals surface area contributed by atoms with Crippen LogP contribution in [0.4, 0.5) is 0 Å². The summed E-state index contributed by atoms with van der Waals surface area (Å²) in [5.74, 6) is -0.151. The molecule has 3 atom stereocenters. The summed E-state index contributed by atoms with van der Waals surface area (Å²) < 4.78 is 7.74. The van der Waals surface area contributed by atoms with E-state index in [1.165, 1.54) is 0 Å². The smallest absolute Gasteiger partial charge is 0.272 e. The number of aromatic nitrogens is 2. The minimum Gasteiger partial charge on any atom is -0.371 e. The van der Waals surface area contributed by atoms with Gasteiger partial charge in [0.2, 0.25) is 0 Å². The van der Waals surface area contributed by atoms with E-state index in [4.69, 9.17) is 16.3 Å². The first kappa shape index (κ1) is 20.1. The van der Waals surface area contributed by atoms with Crippen molar-refractivity contribution in [2.24, 2.45) is 0 Å². The first-order chi connectivity index (χ1) is 12.7. The van der Waals surface area contributed by atoms with Crippen LogP contribution in [0.2, 0.25) is 5.02 Å². The van der Waals surface area contributed by atoms with E-state index in [9.17, 15) is 4.79 Å². The Bertz CT molecular complexity index is 759. The largest absolute Gasteiger partial charge is 0.371 e. The number of halogens is 2. The number of carbonyl (C=O) groups is 1. The van der Waals surface area contributed by atoms with Crippen LogP contribution in [0.3, 0.4) is 0 Å². The van der Waals surface area contributed by atoms with Gasteiger partial charge in [0.05, 0.1) is 12.1 Å². The molecule has 146 valence electrons. The molecule has 6 nitrogen and oxygen atoms in total. The van der Waals surface area contributed by atoms with E-state index < -0.39 is 0 Å². The lowest BCUT2D eigenvalue weighted by Crippen LogP contribution is -2.37. The van der Waals surface area contributed by atoms with E-state index in [1.807, 2.05) is 35.1 Å². The lowest BCUT2D eigenvalue weighted by molar-refractivity contribution is 0.0817. The number of carbonyl (C=O) groups excluding carboxylic acids is 1. The summed E-state index contributed by atoms with van der Waals surface area (Å²) in [6.45, 7) is 2.58. The summed E-state index contributed by atoms with van der Waals surface area (Å²) in [7, 11) is 0. The van der Waals surface area contributed by atoms with Crippen LogP contribution in [-0.2, 0) is 4.74 Å². The summed E-state index contributed by atoms with van der Waals surface area (Å²) >= 11 is 5.96. The van der Waals surface area contributed by atoms with Gasteiger partial charge in [-0.25, -0.2) is 0 Å². The molecule has 0 spiro atoms. The molecule has 1 aromatic carbocycles. The van der Waals surface area contributed by atoms with Gasteiger partial charge in [-0.15, -0.1) is 12.4 Å². The fourth-order valence-electron chi connectivity index (χ4n) is 3.68. The van der Waals surface area contributed by atoms with Crippen molar-refractivity contribution >= 4 is 29.9 Å².